The standard InChI is InChI=1S/C27H20Br2N.ClH/c28-20-12-8-18(9-13-20)27(19-10-14-21(29)15-11-19)17-25-22-5-1-2-6-23(22)26(27)24-7-3-4-16-30(24)25;/h1-16,25-26H,17H2;1H/q+1;/p-1. The van der Waals surface area contributed by atoms with Crippen LogP contribution in [0.3, 0.4) is 0 Å². The van der Waals surface area contributed by atoms with E-state index >= 15 is 0 Å². The lowest BCUT2D eigenvalue weighted by Gasteiger charge is -2.50. The van der Waals surface area contributed by atoms with Crippen LogP contribution in [0.4, 0.5) is 0 Å². The average molecular weight is 554 g/mol. The molecule has 0 N–H and O–H groups in total. The second kappa shape index (κ2) is 7.88. The van der Waals surface area contributed by atoms with E-state index in [1.54, 1.807) is 0 Å². The molecule has 2 atom stereocenters. The van der Waals surface area contributed by atoms with E-state index in [2.05, 4.69) is 134 Å². The van der Waals surface area contributed by atoms with Gasteiger partial charge in [0, 0.05) is 38.5 Å². The lowest BCUT2D eigenvalue weighted by molar-refractivity contribution is -0.732. The second-order valence-corrected chi connectivity index (χ2v) is 10.1. The van der Waals surface area contributed by atoms with Crippen LogP contribution in [0, 0.1) is 0 Å². The van der Waals surface area contributed by atoms with Gasteiger partial charge in [-0.05, 0) is 41.0 Å². The Hall–Kier alpha value is -1.94. The normalized spacial score (nSPS) is 19.8. The highest BCUT2D eigenvalue weighted by Crippen LogP contribution is 2.59. The number of rotatable bonds is 2. The van der Waals surface area contributed by atoms with Gasteiger partial charge in [-0.3, -0.25) is 0 Å². The predicted octanol–water partition coefficient (Wildman–Crippen LogP) is 3.93. The molecule has 3 aromatic carbocycles. The molecule has 3 heterocycles. The first-order chi connectivity index (χ1) is 14.7. The minimum atomic E-state index is -0.109. The van der Waals surface area contributed by atoms with Crippen LogP contribution in [0.2, 0.25) is 0 Å². The van der Waals surface area contributed by atoms with Crippen LogP contribution in [-0.4, -0.2) is 0 Å². The summed E-state index contributed by atoms with van der Waals surface area (Å²) in [6.45, 7) is 0. The van der Waals surface area contributed by atoms with Crippen LogP contribution in [0.15, 0.2) is 106 Å². The van der Waals surface area contributed by atoms with Gasteiger partial charge < -0.3 is 12.4 Å². The highest BCUT2D eigenvalue weighted by molar-refractivity contribution is 9.10. The van der Waals surface area contributed by atoms with Gasteiger partial charge in [0.2, 0.25) is 0 Å². The Bertz CT molecular complexity index is 1160. The van der Waals surface area contributed by atoms with Gasteiger partial charge >= 0.3 is 0 Å². The molecule has 2 unspecified atom stereocenters. The SMILES string of the molecule is Brc1ccc(C2(c3ccc(Br)cc3)CC3c4ccccc4C2c2cccc[n+]23)cc1.[Cl-]. The molecular formula is C27H20Br2ClN. The van der Waals surface area contributed by atoms with Gasteiger partial charge in [-0.1, -0.05) is 86.5 Å². The minimum Gasteiger partial charge on any atom is -1.00 e. The Kier molecular flexibility index (Phi) is 5.32. The van der Waals surface area contributed by atoms with Crippen molar-refractivity contribution in [1.29, 1.82) is 0 Å². The van der Waals surface area contributed by atoms with Crippen molar-refractivity contribution in [2.45, 2.75) is 23.8 Å². The molecule has 31 heavy (non-hydrogen) atoms. The summed E-state index contributed by atoms with van der Waals surface area (Å²) in [5.41, 5.74) is 6.99. The molecule has 3 aliphatic rings. The van der Waals surface area contributed by atoms with Crippen LogP contribution < -0.4 is 17.0 Å². The highest BCUT2D eigenvalue weighted by Gasteiger charge is 2.59. The highest BCUT2D eigenvalue weighted by atomic mass is 79.9. The monoisotopic (exact) mass is 551 g/mol. The number of pyridine rings is 1. The van der Waals surface area contributed by atoms with E-state index < -0.39 is 0 Å². The van der Waals surface area contributed by atoms with Gasteiger partial charge in [-0.25, -0.2) is 0 Å². The van der Waals surface area contributed by atoms with E-state index in [1.165, 1.54) is 27.9 Å². The number of benzene rings is 3. The zero-order valence-electron chi connectivity index (χ0n) is 16.7. The summed E-state index contributed by atoms with van der Waals surface area (Å²) in [6, 6.07) is 34.0. The molecular weight excluding hydrogens is 534 g/mol. The molecule has 4 heteroatoms. The second-order valence-electron chi connectivity index (χ2n) is 8.30. The average Bonchev–Trinajstić information content (AvgIpc) is 2.80. The van der Waals surface area contributed by atoms with Gasteiger partial charge in [0.15, 0.2) is 17.9 Å². The van der Waals surface area contributed by atoms with Crippen molar-refractivity contribution in [3.63, 3.8) is 0 Å². The van der Waals surface area contributed by atoms with E-state index in [-0.39, 0.29) is 23.7 Å². The van der Waals surface area contributed by atoms with Crippen molar-refractivity contribution in [2.24, 2.45) is 0 Å². The summed E-state index contributed by atoms with van der Waals surface area (Å²) in [4.78, 5) is 0. The number of nitrogens with zero attached hydrogens (tertiary/aromatic N) is 1. The third-order valence-electron chi connectivity index (χ3n) is 6.95. The number of halogens is 3. The molecule has 2 aliphatic heterocycles. The Morgan fingerprint density at radius 1 is 0.677 bits per heavy atom. The van der Waals surface area contributed by atoms with Crippen molar-refractivity contribution in [1.82, 2.24) is 0 Å². The first kappa shape index (κ1) is 20.9. The molecule has 0 saturated carbocycles. The summed E-state index contributed by atoms with van der Waals surface area (Å²) in [5.74, 6) is 0.266. The zero-order valence-corrected chi connectivity index (χ0v) is 20.6. The van der Waals surface area contributed by atoms with Crippen molar-refractivity contribution >= 4 is 31.9 Å². The maximum Gasteiger partial charge on any atom is 0.190 e. The molecule has 1 aromatic heterocycles. The summed E-state index contributed by atoms with van der Waals surface area (Å²) < 4.78 is 4.74. The van der Waals surface area contributed by atoms with Crippen LogP contribution >= 0.6 is 31.9 Å². The van der Waals surface area contributed by atoms with Crippen LogP contribution in [-0.2, 0) is 5.41 Å². The van der Waals surface area contributed by atoms with E-state index in [0.29, 0.717) is 6.04 Å². The molecule has 2 bridgehead atoms. The smallest absolute Gasteiger partial charge is 0.190 e. The van der Waals surface area contributed by atoms with Gasteiger partial charge in [0.25, 0.3) is 0 Å². The van der Waals surface area contributed by atoms with E-state index in [9.17, 15) is 0 Å². The molecule has 7 rings (SSSR count). The first-order valence-corrected chi connectivity index (χ1v) is 11.9. The minimum absolute atomic E-state index is 0. The quantitative estimate of drug-likeness (QED) is 0.332. The molecule has 1 nitrogen and oxygen atoms in total. The topological polar surface area (TPSA) is 3.88 Å². The molecule has 0 saturated heterocycles. The number of hydrogen-bond donors (Lipinski definition) is 0. The zero-order chi connectivity index (χ0) is 20.3. The Morgan fingerprint density at radius 2 is 1.23 bits per heavy atom. The molecule has 0 spiro atoms. The van der Waals surface area contributed by atoms with E-state index in [4.69, 9.17) is 0 Å². The van der Waals surface area contributed by atoms with E-state index in [1.807, 2.05) is 0 Å². The van der Waals surface area contributed by atoms with Crippen molar-refractivity contribution in [2.75, 3.05) is 0 Å². The third-order valence-corrected chi connectivity index (χ3v) is 8.00. The molecule has 154 valence electrons. The Labute approximate surface area is 205 Å². The fourth-order valence-electron chi connectivity index (χ4n) is 5.76. The molecule has 0 amide bonds. The summed E-state index contributed by atoms with van der Waals surface area (Å²) >= 11 is 7.27. The van der Waals surface area contributed by atoms with Gasteiger partial charge in [-0.2, -0.15) is 4.57 Å². The van der Waals surface area contributed by atoms with Crippen LogP contribution in [0.1, 0.15) is 46.3 Å². The third kappa shape index (κ3) is 3.05. The molecule has 4 aromatic rings. The van der Waals surface area contributed by atoms with Crippen LogP contribution in [0.25, 0.3) is 0 Å². The maximum absolute atomic E-state index is 3.64. The van der Waals surface area contributed by atoms with Gasteiger partial charge in [-0.15, -0.1) is 0 Å². The largest absolute Gasteiger partial charge is 1.00 e. The first-order valence-electron chi connectivity index (χ1n) is 10.3. The van der Waals surface area contributed by atoms with E-state index in [0.717, 1.165) is 15.4 Å². The Morgan fingerprint density at radius 3 is 1.84 bits per heavy atom. The summed E-state index contributed by atoms with van der Waals surface area (Å²) in [5, 5.41) is 0. The number of aromatic nitrogens is 1. The number of hydrogen-bond acceptors (Lipinski definition) is 0. The number of fused-ring (bicyclic) bond motifs is 1. The Balaban J connectivity index is 0.00000204. The van der Waals surface area contributed by atoms with Crippen molar-refractivity contribution in [3.05, 3.63) is 134 Å². The summed E-state index contributed by atoms with van der Waals surface area (Å²) in [7, 11) is 0. The summed E-state index contributed by atoms with van der Waals surface area (Å²) in [6.07, 6.45) is 3.32. The fraction of sp³-hybridized carbons (Fsp3) is 0.148. The molecule has 0 radical (unpaired) electrons. The van der Waals surface area contributed by atoms with Crippen LogP contribution in [0.5, 0.6) is 0 Å². The van der Waals surface area contributed by atoms with Gasteiger partial charge in [0.1, 0.15) is 0 Å². The lowest BCUT2D eigenvalue weighted by atomic mass is 9.53. The predicted molar refractivity (Wildman–Crippen MR) is 127 cm³/mol. The maximum atomic E-state index is 3.64. The molecule has 1 aliphatic carbocycles. The lowest BCUT2D eigenvalue weighted by Crippen LogP contribution is -3.00. The van der Waals surface area contributed by atoms with Crippen molar-refractivity contribution in [3.8, 4) is 0 Å². The fourth-order valence-corrected chi connectivity index (χ4v) is 6.29. The van der Waals surface area contributed by atoms with Crippen molar-refractivity contribution < 1.29 is 17.0 Å². The van der Waals surface area contributed by atoms with Gasteiger partial charge in [0.05, 0.1) is 5.92 Å². The molecule has 0 fully saturated rings.